The van der Waals surface area contributed by atoms with Crippen molar-refractivity contribution in [1.29, 1.82) is 0 Å². The fourth-order valence-corrected chi connectivity index (χ4v) is 5.83. The second kappa shape index (κ2) is 10.00. The Balaban J connectivity index is 1.60. The van der Waals surface area contributed by atoms with Crippen LogP contribution in [0, 0.1) is 11.8 Å². The molecule has 1 fully saturated rings. The number of fused-ring (bicyclic) bond motifs is 5. The molecule has 39 heavy (non-hydrogen) atoms. The van der Waals surface area contributed by atoms with Gasteiger partial charge in [0.05, 0.1) is 39.4 Å². The number of hydrogen-bond donors (Lipinski definition) is 0. The number of esters is 2. The van der Waals surface area contributed by atoms with Gasteiger partial charge in [0.2, 0.25) is 12.5 Å². The van der Waals surface area contributed by atoms with Crippen LogP contribution in [-0.2, 0) is 20.7 Å². The maximum atomic E-state index is 13.4. The zero-order valence-corrected chi connectivity index (χ0v) is 23.0. The van der Waals surface area contributed by atoms with Gasteiger partial charge in [-0.3, -0.25) is 4.79 Å². The molecule has 0 radical (unpaired) electrons. The van der Waals surface area contributed by atoms with Gasteiger partial charge >= 0.3 is 11.9 Å². The first-order valence-corrected chi connectivity index (χ1v) is 13.1. The molecule has 6 rings (SSSR count). The van der Waals surface area contributed by atoms with E-state index in [1.807, 2.05) is 18.2 Å². The van der Waals surface area contributed by atoms with Crippen molar-refractivity contribution in [2.45, 2.75) is 12.5 Å². The predicted octanol–water partition coefficient (Wildman–Crippen LogP) is 5.11. The van der Waals surface area contributed by atoms with Crippen LogP contribution in [0.2, 0.25) is 0 Å². The molecule has 2 aliphatic heterocycles. The monoisotopic (exact) mass is 596 g/mol. The van der Waals surface area contributed by atoms with Crippen molar-refractivity contribution in [3.05, 3.63) is 63.6 Å². The summed E-state index contributed by atoms with van der Waals surface area (Å²) in [6.07, 6.45) is -0.511. The molecule has 0 bridgehead atoms. The molecular weight excluding hydrogens is 572 g/mol. The molecule has 9 nitrogen and oxygen atoms in total. The highest BCUT2D eigenvalue weighted by atomic mass is 79.9. The van der Waals surface area contributed by atoms with Gasteiger partial charge in [-0.15, -0.1) is 0 Å². The largest absolute Gasteiger partial charge is 0.493 e. The molecule has 0 amide bonds. The number of hydrogen-bond acceptors (Lipinski definition) is 9. The third kappa shape index (κ3) is 4.23. The van der Waals surface area contributed by atoms with E-state index < -0.39 is 23.9 Å². The summed E-state index contributed by atoms with van der Waals surface area (Å²) < 4.78 is 41.2. The lowest BCUT2D eigenvalue weighted by Gasteiger charge is -2.32. The summed E-state index contributed by atoms with van der Waals surface area (Å²) in [5.74, 6) is 0.468. The van der Waals surface area contributed by atoms with Crippen molar-refractivity contribution in [3.63, 3.8) is 0 Å². The maximum absolute atomic E-state index is 13.4. The van der Waals surface area contributed by atoms with Gasteiger partial charge in [-0.2, -0.15) is 0 Å². The van der Waals surface area contributed by atoms with Crippen molar-refractivity contribution < 1.29 is 42.7 Å². The van der Waals surface area contributed by atoms with Crippen molar-refractivity contribution in [1.82, 2.24) is 0 Å². The van der Waals surface area contributed by atoms with Crippen molar-refractivity contribution >= 4 is 27.9 Å². The average molecular weight is 597 g/mol. The Morgan fingerprint density at radius 3 is 2.33 bits per heavy atom. The summed E-state index contributed by atoms with van der Waals surface area (Å²) in [6.45, 7) is 0.167. The molecule has 0 spiro atoms. The Bertz CT molecular complexity index is 1470. The third-order valence-electron chi connectivity index (χ3n) is 7.41. The van der Waals surface area contributed by atoms with Crippen molar-refractivity contribution in [2.24, 2.45) is 11.8 Å². The second-order valence-corrected chi connectivity index (χ2v) is 10.3. The van der Waals surface area contributed by atoms with E-state index in [0.29, 0.717) is 57.4 Å². The standard InChI is InChI=1S/C29H25BrO9/c1-33-23-9-15-8-19-20(12-36-29(19)32)25(39-28(31)14-4-6-16(30)7-5-14)18-11-22-21(37-13-38-22)10-17(18)24(15)27(35-3)26(23)34-2/h4-7,9-11,19-20,25H,8,12-13H2,1-3H3/t19-,20+,25+/m1/s1. The van der Waals surface area contributed by atoms with E-state index in [0.717, 1.165) is 10.0 Å². The van der Waals surface area contributed by atoms with Gasteiger partial charge in [0, 0.05) is 21.5 Å². The minimum absolute atomic E-state index is 0.0607. The molecule has 1 saturated heterocycles. The Kier molecular flexibility index (Phi) is 6.50. The predicted molar refractivity (Wildman–Crippen MR) is 142 cm³/mol. The lowest BCUT2D eigenvalue weighted by atomic mass is 9.76. The zero-order valence-electron chi connectivity index (χ0n) is 21.4. The number of methoxy groups -OCH3 is 3. The van der Waals surface area contributed by atoms with Crippen molar-refractivity contribution in [3.8, 4) is 39.9 Å². The highest BCUT2D eigenvalue weighted by Crippen LogP contribution is 2.55. The van der Waals surface area contributed by atoms with Gasteiger partial charge < -0.3 is 33.2 Å². The molecule has 0 N–H and O–H groups in total. The van der Waals surface area contributed by atoms with Gasteiger partial charge in [-0.25, -0.2) is 4.79 Å². The van der Waals surface area contributed by atoms with Crippen LogP contribution in [0.4, 0.5) is 0 Å². The first-order chi connectivity index (χ1) is 18.9. The first kappa shape index (κ1) is 25.4. The van der Waals surface area contributed by atoms with Crippen LogP contribution < -0.4 is 23.7 Å². The van der Waals surface area contributed by atoms with E-state index in [9.17, 15) is 9.59 Å². The lowest BCUT2D eigenvalue weighted by molar-refractivity contribution is -0.141. The Hall–Kier alpha value is -3.92. The summed E-state index contributed by atoms with van der Waals surface area (Å²) in [5.41, 5.74) is 3.22. The third-order valence-corrected chi connectivity index (χ3v) is 7.94. The van der Waals surface area contributed by atoms with Gasteiger partial charge in [-0.05, 0) is 60.0 Å². The van der Waals surface area contributed by atoms with E-state index >= 15 is 0 Å². The molecule has 3 aliphatic rings. The summed E-state index contributed by atoms with van der Waals surface area (Å²) in [5, 5.41) is 0. The van der Waals surface area contributed by atoms with Gasteiger partial charge in [0.15, 0.2) is 23.0 Å². The maximum Gasteiger partial charge on any atom is 0.338 e. The second-order valence-electron chi connectivity index (χ2n) is 9.41. The van der Waals surface area contributed by atoms with E-state index in [-0.39, 0.29) is 19.4 Å². The summed E-state index contributed by atoms with van der Waals surface area (Å²) in [7, 11) is 4.62. The number of carbonyl (C=O) groups excluding carboxylic acids is 2. The van der Waals surface area contributed by atoms with Crippen LogP contribution in [0.1, 0.15) is 27.6 Å². The molecule has 0 aromatic heterocycles. The fourth-order valence-electron chi connectivity index (χ4n) is 5.57. The Morgan fingerprint density at radius 2 is 1.64 bits per heavy atom. The van der Waals surface area contributed by atoms with Crippen LogP contribution in [0.25, 0.3) is 11.1 Å². The average Bonchev–Trinajstić information content (AvgIpc) is 3.55. The van der Waals surface area contributed by atoms with E-state index in [1.54, 1.807) is 38.5 Å². The number of rotatable bonds is 5. The summed E-state index contributed by atoms with van der Waals surface area (Å²) >= 11 is 3.39. The fraction of sp³-hybridized carbons (Fsp3) is 0.310. The minimum atomic E-state index is -0.826. The van der Waals surface area contributed by atoms with Crippen LogP contribution in [0.5, 0.6) is 28.7 Å². The first-order valence-electron chi connectivity index (χ1n) is 12.3. The molecule has 3 aromatic carbocycles. The highest BCUT2D eigenvalue weighted by Gasteiger charge is 2.47. The smallest absolute Gasteiger partial charge is 0.338 e. The van der Waals surface area contributed by atoms with Crippen LogP contribution in [0.15, 0.2) is 46.9 Å². The van der Waals surface area contributed by atoms with E-state index in [2.05, 4.69) is 15.9 Å². The molecule has 0 unspecified atom stereocenters. The van der Waals surface area contributed by atoms with Gasteiger partial charge in [0.1, 0.15) is 6.10 Å². The zero-order chi connectivity index (χ0) is 27.3. The summed E-state index contributed by atoms with van der Waals surface area (Å²) in [4.78, 5) is 26.5. The molecule has 3 atom stereocenters. The number of cyclic esters (lactones) is 1. The molecule has 1 aliphatic carbocycles. The van der Waals surface area contributed by atoms with Crippen LogP contribution in [0.3, 0.4) is 0 Å². The normalized spacial score (nSPS) is 20.5. The molecule has 3 aromatic rings. The molecule has 2 heterocycles. The molecule has 0 saturated carbocycles. The molecular formula is C29H25BrO9. The van der Waals surface area contributed by atoms with E-state index in [4.69, 9.17) is 33.2 Å². The quantitative estimate of drug-likeness (QED) is 0.372. The highest BCUT2D eigenvalue weighted by molar-refractivity contribution is 9.10. The minimum Gasteiger partial charge on any atom is -0.493 e. The van der Waals surface area contributed by atoms with Crippen molar-refractivity contribution in [2.75, 3.05) is 34.7 Å². The van der Waals surface area contributed by atoms with Crippen LogP contribution in [-0.4, -0.2) is 46.7 Å². The molecule has 202 valence electrons. The van der Waals surface area contributed by atoms with Crippen LogP contribution >= 0.6 is 15.9 Å². The lowest BCUT2D eigenvalue weighted by Crippen LogP contribution is -2.30. The Labute approximate surface area is 233 Å². The van der Waals surface area contributed by atoms with Gasteiger partial charge in [-0.1, -0.05) is 15.9 Å². The van der Waals surface area contributed by atoms with Gasteiger partial charge in [0.25, 0.3) is 0 Å². The topological polar surface area (TPSA) is 98.8 Å². The Morgan fingerprint density at radius 1 is 0.923 bits per heavy atom. The molecule has 10 heteroatoms. The number of carbonyl (C=O) groups is 2. The number of halogens is 1. The van der Waals surface area contributed by atoms with E-state index in [1.165, 1.54) is 7.11 Å². The summed E-state index contributed by atoms with van der Waals surface area (Å²) in [6, 6.07) is 12.4. The SMILES string of the molecule is COc1cc2c(c(OC)c1OC)-c1cc3c(cc1[C@H](OC(=O)c1ccc(Br)cc1)[C@H]1COC(=O)[C@@H]1C2)OCO3. The number of benzene rings is 3. The number of ether oxygens (including phenoxy) is 7.